The summed E-state index contributed by atoms with van der Waals surface area (Å²) < 4.78 is 0. The van der Waals surface area contributed by atoms with E-state index in [1.807, 2.05) is 0 Å². The van der Waals surface area contributed by atoms with E-state index in [1.54, 1.807) is 6.33 Å². The normalized spacial score (nSPS) is 17.9. The molecule has 0 saturated heterocycles. The van der Waals surface area contributed by atoms with Crippen molar-refractivity contribution < 1.29 is 0 Å². The molecule has 0 aromatic carbocycles. The maximum absolute atomic E-state index is 6.16. The summed E-state index contributed by atoms with van der Waals surface area (Å²) in [7, 11) is 0. The van der Waals surface area contributed by atoms with Crippen LogP contribution in [0, 0.1) is 5.92 Å². The number of rotatable bonds is 5. The average Bonchev–Trinajstić information content (AvgIpc) is 2.87. The van der Waals surface area contributed by atoms with Gasteiger partial charge in [0.2, 0.25) is 0 Å². The van der Waals surface area contributed by atoms with Crippen LogP contribution in [0.5, 0.6) is 0 Å². The topological polar surface area (TPSA) is 37.8 Å². The molecule has 1 saturated carbocycles. The smallest absolute Gasteiger partial charge is 0.137 e. The van der Waals surface area contributed by atoms with Crippen molar-refractivity contribution in [3.63, 3.8) is 0 Å². The van der Waals surface area contributed by atoms with Gasteiger partial charge in [-0.1, -0.05) is 37.8 Å². The molecule has 0 aliphatic heterocycles. The van der Waals surface area contributed by atoms with Gasteiger partial charge in [0.25, 0.3) is 0 Å². The van der Waals surface area contributed by atoms with Gasteiger partial charge in [-0.05, 0) is 32.1 Å². The van der Waals surface area contributed by atoms with Gasteiger partial charge in [0.1, 0.15) is 17.3 Å². The van der Waals surface area contributed by atoms with E-state index in [-0.39, 0.29) is 0 Å². The molecule has 1 N–H and O–H groups in total. The zero-order valence-corrected chi connectivity index (χ0v) is 12.0. The molecule has 0 radical (unpaired) electrons. The zero-order chi connectivity index (χ0) is 13.0. The van der Waals surface area contributed by atoms with Crippen LogP contribution in [0.25, 0.3) is 0 Å². The number of anilines is 1. The zero-order valence-electron chi connectivity index (χ0n) is 11.2. The fourth-order valence-electron chi connectivity index (χ4n) is 2.78. The maximum atomic E-state index is 6.16. The van der Waals surface area contributed by atoms with E-state index in [9.17, 15) is 0 Å². The molecule has 4 heteroatoms. The van der Waals surface area contributed by atoms with Crippen LogP contribution in [0.3, 0.4) is 0 Å². The van der Waals surface area contributed by atoms with Gasteiger partial charge in [-0.3, -0.25) is 0 Å². The molecular formula is C14H22ClN3. The summed E-state index contributed by atoms with van der Waals surface area (Å²) in [5.74, 6) is 1.70. The Bertz CT molecular complexity index is 389. The van der Waals surface area contributed by atoms with Crippen LogP contribution < -0.4 is 5.32 Å². The first-order chi connectivity index (χ1) is 8.72. The van der Waals surface area contributed by atoms with Crippen molar-refractivity contribution in [2.24, 2.45) is 5.92 Å². The van der Waals surface area contributed by atoms with Crippen molar-refractivity contribution in [1.29, 1.82) is 0 Å². The molecule has 1 aromatic heterocycles. The number of aromatic nitrogens is 2. The Morgan fingerprint density at radius 3 is 2.78 bits per heavy atom. The van der Waals surface area contributed by atoms with E-state index < -0.39 is 0 Å². The summed E-state index contributed by atoms with van der Waals surface area (Å²) in [4.78, 5) is 8.44. The fourth-order valence-corrected chi connectivity index (χ4v) is 3.01. The van der Waals surface area contributed by atoms with Crippen LogP contribution >= 0.6 is 11.6 Å². The van der Waals surface area contributed by atoms with Crippen molar-refractivity contribution in [1.82, 2.24) is 9.97 Å². The minimum absolute atomic E-state index is 0.467. The lowest BCUT2D eigenvalue weighted by Gasteiger charge is -2.22. The number of nitrogens with one attached hydrogen (secondary N) is 1. The molecule has 1 atom stereocenters. The van der Waals surface area contributed by atoms with Crippen molar-refractivity contribution in [2.45, 2.75) is 58.4 Å². The van der Waals surface area contributed by atoms with E-state index in [1.165, 1.54) is 25.7 Å². The standard InChI is InChI=1S/C14H22ClN3/c1-3-6-12-13(15)16-9-17-14(12)18-10(2)11-7-4-5-8-11/h9-11H,3-8H2,1-2H3,(H,16,17,18). The van der Waals surface area contributed by atoms with E-state index in [0.717, 1.165) is 30.1 Å². The first-order valence-corrected chi connectivity index (χ1v) is 7.36. The van der Waals surface area contributed by atoms with Gasteiger partial charge >= 0.3 is 0 Å². The van der Waals surface area contributed by atoms with Crippen LogP contribution in [-0.4, -0.2) is 16.0 Å². The summed E-state index contributed by atoms with van der Waals surface area (Å²) in [6.45, 7) is 4.40. The average molecular weight is 268 g/mol. The van der Waals surface area contributed by atoms with Gasteiger partial charge in [-0.2, -0.15) is 0 Å². The Labute approximate surface area is 114 Å². The van der Waals surface area contributed by atoms with E-state index in [0.29, 0.717) is 11.2 Å². The van der Waals surface area contributed by atoms with Gasteiger partial charge in [0.05, 0.1) is 0 Å². The highest BCUT2D eigenvalue weighted by atomic mass is 35.5. The van der Waals surface area contributed by atoms with E-state index >= 15 is 0 Å². The van der Waals surface area contributed by atoms with Crippen molar-refractivity contribution in [2.75, 3.05) is 5.32 Å². The molecule has 1 aliphatic carbocycles. The molecule has 100 valence electrons. The Kier molecular flexibility index (Phi) is 4.81. The lowest BCUT2D eigenvalue weighted by Crippen LogP contribution is -2.25. The fraction of sp³-hybridized carbons (Fsp3) is 0.714. The summed E-state index contributed by atoms with van der Waals surface area (Å²) in [5, 5.41) is 4.13. The first-order valence-electron chi connectivity index (χ1n) is 6.98. The lowest BCUT2D eigenvalue weighted by molar-refractivity contribution is 0.480. The number of hydrogen-bond donors (Lipinski definition) is 1. The third-order valence-corrected chi connectivity index (χ3v) is 4.19. The Hall–Kier alpha value is -0.830. The maximum Gasteiger partial charge on any atom is 0.137 e. The second-order valence-electron chi connectivity index (χ2n) is 5.22. The number of halogens is 1. The van der Waals surface area contributed by atoms with Crippen molar-refractivity contribution >= 4 is 17.4 Å². The van der Waals surface area contributed by atoms with Gasteiger partial charge in [-0.15, -0.1) is 0 Å². The molecule has 1 aromatic rings. The number of nitrogens with zero attached hydrogens (tertiary/aromatic N) is 2. The van der Waals surface area contributed by atoms with Crippen LogP contribution in [0.15, 0.2) is 6.33 Å². The highest BCUT2D eigenvalue weighted by Crippen LogP contribution is 2.30. The Morgan fingerprint density at radius 1 is 1.39 bits per heavy atom. The highest BCUT2D eigenvalue weighted by Gasteiger charge is 2.22. The molecule has 18 heavy (non-hydrogen) atoms. The number of hydrogen-bond acceptors (Lipinski definition) is 3. The largest absolute Gasteiger partial charge is 0.367 e. The molecule has 0 bridgehead atoms. The van der Waals surface area contributed by atoms with Gasteiger partial charge in [0, 0.05) is 11.6 Å². The summed E-state index contributed by atoms with van der Waals surface area (Å²) in [6, 6.07) is 0.467. The second kappa shape index (κ2) is 6.37. The van der Waals surface area contributed by atoms with Crippen molar-refractivity contribution in [3.05, 3.63) is 17.0 Å². The van der Waals surface area contributed by atoms with Crippen LogP contribution in [0.1, 0.15) is 51.5 Å². The molecule has 1 fully saturated rings. The molecule has 1 heterocycles. The summed E-state index contributed by atoms with van der Waals surface area (Å²) in [6.07, 6.45) is 8.92. The predicted octanol–water partition coefficient (Wildman–Crippen LogP) is 4.07. The Balaban J connectivity index is 2.09. The van der Waals surface area contributed by atoms with Crippen LogP contribution in [0.4, 0.5) is 5.82 Å². The molecule has 1 unspecified atom stereocenters. The van der Waals surface area contributed by atoms with Gasteiger partial charge < -0.3 is 5.32 Å². The monoisotopic (exact) mass is 267 g/mol. The van der Waals surface area contributed by atoms with Crippen LogP contribution in [0.2, 0.25) is 5.15 Å². The third kappa shape index (κ3) is 3.14. The van der Waals surface area contributed by atoms with Crippen LogP contribution in [-0.2, 0) is 6.42 Å². The van der Waals surface area contributed by atoms with Crippen molar-refractivity contribution in [3.8, 4) is 0 Å². The molecule has 2 rings (SSSR count). The minimum atomic E-state index is 0.467. The summed E-state index contributed by atoms with van der Waals surface area (Å²) >= 11 is 6.16. The predicted molar refractivity (Wildman–Crippen MR) is 76.1 cm³/mol. The minimum Gasteiger partial charge on any atom is -0.367 e. The molecule has 1 aliphatic rings. The summed E-state index contributed by atoms with van der Waals surface area (Å²) in [5.41, 5.74) is 1.06. The highest BCUT2D eigenvalue weighted by molar-refractivity contribution is 6.30. The second-order valence-corrected chi connectivity index (χ2v) is 5.58. The Morgan fingerprint density at radius 2 is 2.11 bits per heavy atom. The third-order valence-electron chi connectivity index (χ3n) is 3.86. The molecular weight excluding hydrogens is 246 g/mol. The molecule has 0 amide bonds. The van der Waals surface area contributed by atoms with E-state index in [4.69, 9.17) is 11.6 Å². The van der Waals surface area contributed by atoms with E-state index in [2.05, 4.69) is 29.1 Å². The lowest BCUT2D eigenvalue weighted by atomic mass is 9.99. The molecule has 3 nitrogen and oxygen atoms in total. The van der Waals surface area contributed by atoms with Gasteiger partial charge in [0.15, 0.2) is 0 Å². The molecule has 0 spiro atoms. The first kappa shape index (κ1) is 13.6. The quantitative estimate of drug-likeness (QED) is 0.817. The SMILES string of the molecule is CCCc1c(Cl)ncnc1NC(C)C1CCCC1. The van der Waals surface area contributed by atoms with Gasteiger partial charge in [-0.25, -0.2) is 9.97 Å².